The monoisotopic (exact) mass is 261 g/mol. The number of nitrogens with zero attached hydrogens (tertiary/aromatic N) is 1. The van der Waals surface area contributed by atoms with E-state index >= 15 is 0 Å². The zero-order valence-corrected chi connectivity index (χ0v) is 11.5. The van der Waals surface area contributed by atoms with E-state index < -0.39 is 5.97 Å². The number of carboxylic acid groups (broad SMARTS) is 1. The van der Waals surface area contributed by atoms with Gasteiger partial charge in [0.15, 0.2) is 0 Å². The number of hydrogen-bond donors (Lipinski definition) is 1. The first-order valence-electron chi connectivity index (χ1n) is 5.83. The maximum atomic E-state index is 11.3. The van der Waals surface area contributed by atoms with Crippen molar-refractivity contribution in [1.29, 1.82) is 0 Å². The zero-order valence-electron chi connectivity index (χ0n) is 10.7. The van der Waals surface area contributed by atoms with Gasteiger partial charge in [-0.05, 0) is 25.8 Å². The standard InChI is InChI=1S/C14H15NO2S/c1-4-11-15-12(13(18-11)14(16)17)10-6-5-8(2)7-9(10)3/h5-7H,4H2,1-3H3,(H,16,17). The van der Waals surface area contributed by atoms with Gasteiger partial charge >= 0.3 is 5.97 Å². The minimum Gasteiger partial charge on any atom is -0.477 e. The molecule has 0 radical (unpaired) electrons. The average molecular weight is 261 g/mol. The Morgan fingerprint density at radius 3 is 2.67 bits per heavy atom. The Bertz CT molecular complexity index is 602. The summed E-state index contributed by atoms with van der Waals surface area (Å²) in [6.45, 7) is 5.99. The summed E-state index contributed by atoms with van der Waals surface area (Å²) in [6, 6.07) is 5.98. The number of benzene rings is 1. The predicted molar refractivity (Wildman–Crippen MR) is 73.4 cm³/mol. The van der Waals surface area contributed by atoms with Crippen LogP contribution in [0.4, 0.5) is 0 Å². The van der Waals surface area contributed by atoms with Gasteiger partial charge < -0.3 is 5.11 Å². The molecule has 0 amide bonds. The lowest BCUT2D eigenvalue weighted by Crippen LogP contribution is -1.96. The quantitative estimate of drug-likeness (QED) is 0.916. The number of aryl methyl sites for hydroxylation is 3. The molecule has 0 spiro atoms. The molecule has 1 aromatic heterocycles. The normalized spacial score (nSPS) is 10.6. The lowest BCUT2D eigenvalue weighted by atomic mass is 10.0. The first kappa shape index (κ1) is 12.8. The second kappa shape index (κ2) is 4.90. The Morgan fingerprint density at radius 2 is 2.11 bits per heavy atom. The number of carboxylic acids is 1. The molecule has 0 atom stereocenters. The molecule has 94 valence electrons. The van der Waals surface area contributed by atoms with Crippen LogP contribution in [-0.2, 0) is 6.42 Å². The first-order chi connectivity index (χ1) is 8.52. The van der Waals surface area contributed by atoms with Gasteiger partial charge in [-0.1, -0.05) is 30.7 Å². The Hall–Kier alpha value is -1.68. The van der Waals surface area contributed by atoms with E-state index in [9.17, 15) is 9.90 Å². The molecule has 0 aliphatic carbocycles. The van der Waals surface area contributed by atoms with Gasteiger partial charge in [-0.15, -0.1) is 11.3 Å². The van der Waals surface area contributed by atoms with E-state index in [1.165, 1.54) is 16.9 Å². The van der Waals surface area contributed by atoms with E-state index in [4.69, 9.17) is 0 Å². The van der Waals surface area contributed by atoms with Crippen LogP contribution in [0.1, 0.15) is 32.7 Å². The van der Waals surface area contributed by atoms with E-state index in [2.05, 4.69) is 4.98 Å². The van der Waals surface area contributed by atoms with Crippen molar-refractivity contribution in [2.45, 2.75) is 27.2 Å². The second-order valence-corrected chi connectivity index (χ2v) is 5.35. The molecule has 0 bridgehead atoms. The summed E-state index contributed by atoms with van der Waals surface area (Å²) in [5.41, 5.74) is 3.74. The van der Waals surface area contributed by atoms with E-state index in [0.29, 0.717) is 10.6 Å². The summed E-state index contributed by atoms with van der Waals surface area (Å²) in [6.07, 6.45) is 0.760. The first-order valence-corrected chi connectivity index (χ1v) is 6.65. The minimum atomic E-state index is -0.901. The molecule has 3 nitrogen and oxygen atoms in total. The van der Waals surface area contributed by atoms with Gasteiger partial charge in [0, 0.05) is 5.56 Å². The van der Waals surface area contributed by atoms with Crippen molar-refractivity contribution in [2.24, 2.45) is 0 Å². The Balaban J connectivity index is 2.62. The third-order valence-corrected chi connectivity index (χ3v) is 3.99. The van der Waals surface area contributed by atoms with Crippen LogP contribution < -0.4 is 0 Å². The lowest BCUT2D eigenvalue weighted by Gasteiger charge is -2.05. The Morgan fingerprint density at radius 1 is 1.39 bits per heavy atom. The van der Waals surface area contributed by atoms with Crippen molar-refractivity contribution < 1.29 is 9.90 Å². The summed E-state index contributed by atoms with van der Waals surface area (Å²) in [7, 11) is 0. The molecule has 1 aromatic carbocycles. The molecule has 0 saturated carbocycles. The molecule has 18 heavy (non-hydrogen) atoms. The van der Waals surface area contributed by atoms with Crippen LogP contribution in [-0.4, -0.2) is 16.1 Å². The molecule has 2 aromatic rings. The maximum Gasteiger partial charge on any atom is 0.348 e. The fraction of sp³-hybridized carbons (Fsp3) is 0.286. The number of rotatable bonds is 3. The SMILES string of the molecule is CCc1nc(-c2ccc(C)cc2C)c(C(=O)O)s1. The molecule has 1 heterocycles. The summed E-state index contributed by atoms with van der Waals surface area (Å²) in [5, 5.41) is 10.1. The van der Waals surface area contributed by atoms with Crippen LogP contribution >= 0.6 is 11.3 Å². The topological polar surface area (TPSA) is 50.2 Å². The van der Waals surface area contributed by atoms with Crippen molar-refractivity contribution in [3.63, 3.8) is 0 Å². The molecule has 0 fully saturated rings. The molecule has 0 unspecified atom stereocenters. The van der Waals surface area contributed by atoms with E-state index in [1.807, 2.05) is 39.0 Å². The van der Waals surface area contributed by atoms with E-state index in [1.54, 1.807) is 0 Å². The van der Waals surface area contributed by atoms with Gasteiger partial charge in [0.25, 0.3) is 0 Å². The highest BCUT2D eigenvalue weighted by molar-refractivity contribution is 7.14. The molecule has 1 N–H and O–H groups in total. The molecule has 0 aliphatic rings. The van der Waals surface area contributed by atoms with Crippen molar-refractivity contribution in [2.75, 3.05) is 0 Å². The molecule has 0 saturated heterocycles. The average Bonchev–Trinajstić information content (AvgIpc) is 2.73. The van der Waals surface area contributed by atoms with E-state index in [0.717, 1.165) is 22.6 Å². The van der Waals surface area contributed by atoms with Gasteiger partial charge in [0.1, 0.15) is 4.88 Å². The number of thiazole rings is 1. The van der Waals surface area contributed by atoms with Crippen LogP contribution in [0.2, 0.25) is 0 Å². The smallest absolute Gasteiger partial charge is 0.348 e. The zero-order chi connectivity index (χ0) is 13.3. The predicted octanol–water partition coefficient (Wildman–Crippen LogP) is 3.69. The van der Waals surface area contributed by atoms with Gasteiger partial charge in [0.05, 0.1) is 10.7 Å². The lowest BCUT2D eigenvalue weighted by molar-refractivity contribution is 0.0702. The second-order valence-electron chi connectivity index (χ2n) is 4.26. The van der Waals surface area contributed by atoms with Gasteiger partial charge in [-0.2, -0.15) is 0 Å². The van der Waals surface area contributed by atoms with Crippen molar-refractivity contribution in [3.05, 3.63) is 39.2 Å². The van der Waals surface area contributed by atoms with Gasteiger partial charge in [-0.25, -0.2) is 9.78 Å². The van der Waals surface area contributed by atoms with Crippen molar-refractivity contribution in [3.8, 4) is 11.3 Å². The van der Waals surface area contributed by atoms with Crippen LogP contribution in [0, 0.1) is 13.8 Å². The summed E-state index contributed by atoms with van der Waals surface area (Å²) >= 11 is 1.26. The van der Waals surface area contributed by atoms with Crippen molar-refractivity contribution in [1.82, 2.24) is 4.98 Å². The van der Waals surface area contributed by atoms with Crippen LogP contribution in [0.5, 0.6) is 0 Å². The molecule has 4 heteroatoms. The third-order valence-electron chi connectivity index (χ3n) is 2.81. The molecule has 2 rings (SSSR count). The molecular weight excluding hydrogens is 246 g/mol. The number of aromatic carboxylic acids is 1. The van der Waals surface area contributed by atoms with Gasteiger partial charge in [-0.3, -0.25) is 0 Å². The van der Waals surface area contributed by atoms with E-state index in [-0.39, 0.29) is 0 Å². The number of aromatic nitrogens is 1. The van der Waals surface area contributed by atoms with Crippen LogP contribution in [0.3, 0.4) is 0 Å². The highest BCUT2D eigenvalue weighted by Crippen LogP contribution is 2.31. The highest BCUT2D eigenvalue weighted by atomic mass is 32.1. The fourth-order valence-corrected chi connectivity index (χ4v) is 2.78. The summed E-state index contributed by atoms with van der Waals surface area (Å²) in [4.78, 5) is 16.1. The third kappa shape index (κ3) is 2.29. The Labute approximate surface area is 110 Å². The fourth-order valence-electron chi connectivity index (χ4n) is 1.92. The number of carbonyl (C=O) groups is 1. The largest absolute Gasteiger partial charge is 0.477 e. The minimum absolute atomic E-state index is 0.332. The summed E-state index contributed by atoms with van der Waals surface area (Å²) < 4.78 is 0. The van der Waals surface area contributed by atoms with Crippen LogP contribution in [0.15, 0.2) is 18.2 Å². The highest BCUT2D eigenvalue weighted by Gasteiger charge is 2.19. The number of hydrogen-bond acceptors (Lipinski definition) is 3. The molecular formula is C14H15NO2S. The maximum absolute atomic E-state index is 11.3. The molecule has 0 aliphatic heterocycles. The summed E-state index contributed by atoms with van der Waals surface area (Å²) in [5.74, 6) is -0.901. The van der Waals surface area contributed by atoms with Gasteiger partial charge in [0.2, 0.25) is 0 Å². The van der Waals surface area contributed by atoms with Crippen LogP contribution in [0.25, 0.3) is 11.3 Å². The Kier molecular flexibility index (Phi) is 3.48. The van der Waals surface area contributed by atoms with Crippen molar-refractivity contribution >= 4 is 17.3 Å².